The molecule has 1 amide bonds. The molecule has 8 heteroatoms. The molecule has 152 valence electrons. The first kappa shape index (κ1) is 19.3. The number of carbonyl (C=O) groups is 1. The topological polar surface area (TPSA) is 75.4 Å². The second-order valence-corrected chi connectivity index (χ2v) is 7.94. The van der Waals surface area contributed by atoms with Crippen LogP contribution in [0, 0.1) is 12.7 Å². The molecular formula is C21H25FN6O. The van der Waals surface area contributed by atoms with Gasteiger partial charge >= 0.3 is 0 Å². The number of pyridine rings is 1. The summed E-state index contributed by atoms with van der Waals surface area (Å²) in [6.07, 6.45) is 9.20. The molecule has 1 aliphatic heterocycles. The van der Waals surface area contributed by atoms with E-state index in [1.807, 2.05) is 19.2 Å². The molecular weight excluding hydrogens is 371 g/mol. The van der Waals surface area contributed by atoms with Gasteiger partial charge in [0.1, 0.15) is 17.2 Å². The standard InChI is InChI=1S/C15H19N5O.C6H6FN/c1-15(5-6-15)18-14(21)11-10-16-20-9-4-12(17-13(11)20)19-7-2-3-8-19;1-5-2-3-6(7)4-8-5/h4,9-10H,2-3,5-8H2,1H3,(H,18,21);2-4H,1H3. The highest BCUT2D eigenvalue weighted by Crippen LogP contribution is 2.34. The van der Waals surface area contributed by atoms with Crippen molar-refractivity contribution in [1.29, 1.82) is 0 Å². The molecule has 0 unspecified atom stereocenters. The van der Waals surface area contributed by atoms with Gasteiger partial charge in [-0.2, -0.15) is 5.10 Å². The Morgan fingerprint density at radius 2 is 1.93 bits per heavy atom. The van der Waals surface area contributed by atoms with Crippen molar-refractivity contribution in [3.63, 3.8) is 0 Å². The maximum atomic E-state index is 12.4. The van der Waals surface area contributed by atoms with E-state index < -0.39 is 0 Å². The predicted octanol–water partition coefficient (Wildman–Crippen LogP) is 3.14. The fraction of sp³-hybridized carbons (Fsp3) is 0.429. The van der Waals surface area contributed by atoms with Crippen molar-refractivity contribution >= 4 is 17.4 Å². The first-order valence-corrected chi connectivity index (χ1v) is 9.94. The average Bonchev–Trinajstić information content (AvgIpc) is 3.14. The number of anilines is 1. The number of amides is 1. The van der Waals surface area contributed by atoms with Crippen molar-refractivity contribution in [2.24, 2.45) is 0 Å². The molecule has 29 heavy (non-hydrogen) atoms. The number of nitrogens with zero attached hydrogens (tertiary/aromatic N) is 5. The maximum absolute atomic E-state index is 12.4. The molecule has 1 N–H and O–H groups in total. The van der Waals surface area contributed by atoms with E-state index in [1.165, 1.54) is 25.1 Å². The van der Waals surface area contributed by atoms with Crippen molar-refractivity contribution < 1.29 is 9.18 Å². The zero-order chi connectivity index (χ0) is 20.4. The lowest BCUT2D eigenvalue weighted by Crippen LogP contribution is -2.34. The summed E-state index contributed by atoms with van der Waals surface area (Å²) < 4.78 is 13.7. The van der Waals surface area contributed by atoms with Crippen LogP contribution in [0.3, 0.4) is 0 Å². The molecule has 0 bridgehead atoms. The minimum absolute atomic E-state index is 0.0299. The van der Waals surface area contributed by atoms with Crippen LogP contribution >= 0.6 is 0 Å². The van der Waals surface area contributed by atoms with Gasteiger partial charge in [-0.15, -0.1) is 0 Å². The summed E-state index contributed by atoms with van der Waals surface area (Å²) in [6, 6.07) is 4.99. The molecule has 0 radical (unpaired) electrons. The molecule has 0 atom stereocenters. The molecule has 0 aromatic carbocycles. The molecule has 3 aromatic rings. The number of fused-ring (bicyclic) bond motifs is 1. The maximum Gasteiger partial charge on any atom is 0.257 e. The first-order chi connectivity index (χ1) is 13.9. The number of halogens is 1. The summed E-state index contributed by atoms with van der Waals surface area (Å²) in [4.78, 5) is 23.0. The van der Waals surface area contributed by atoms with Crippen LogP contribution < -0.4 is 10.2 Å². The highest BCUT2D eigenvalue weighted by Gasteiger charge is 2.39. The number of aryl methyl sites for hydroxylation is 1. The molecule has 2 aliphatic rings. The minimum Gasteiger partial charge on any atom is -0.357 e. The lowest BCUT2D eigenvalue weighted by Gasteiger charge is -2.16. The lowest BCUT2D eigenvalue weighted by atomic mass is 10.2. The summed E-state index contributed by atoms with van der Waals surface area (Å²) in [5.41, 5.74) is 2.01. The number of aromatic nitrogens is 4. The van der Waals surface area contributed by atoms with Gasteiger partial charge in [0.05, 0.1) is 12.4 Å². The molecule has 0 spiro atoms. The summed E-state index contributed by atoms with van der Waals surface area (Å²) in [7, 11) is 0. The van der Waals surface area contributed by atoms with Crippen LogP contribution in [0.1, 0.15) is 48.7 Å². The Bertz CT molecular complexity index is 985. The van der Waals surface area contributed by atoms with Crippen molar-refractivity contribution in [3.8, 4) is 0 Å². The van der Waals surface area contributed by atoms with E-state index in [9.17, 15) is 9.18 Å². The highest BCUT2D eigenvalue weighted by atomic mass is 19.1. The second-order valence-electron chi connectivity index (χ2n) is 7.94. The van der Waals surface area contributed by atoms with Crippen LogP contribution in [0.15, 0.2) is 36.8 Å². The Labute approximate surface area is 169 Å². The van der Waals surface area contributed by atoms with Crippen molar-refractivity contribution in [1.82, 2.24) is 24.9 Å². The third-order valence-corrected chi connectivity index (χ3v) is 5.32. The van der Waals surface area contributed by atoms with E-state index in [-0.39, 0.29) is 17.3 Å². The van der Waals surface area contributed by atoms with E-state index in [0.29, 0.717) is 11.2 Å². The van der Waals surface area contributed by atoms with Crippen LogP contribution in [0.5, 0.6) is 0 Å². The van der Waals surface area contributed by atoms with E-state index >= 15 is 0 Å². The average molecular weight is 396 g/mol. The Morgan fingerprint density at radius 1 is 1.17 bits per heavy atom. The monoisotopic (exact) mass is 396 g/mol. The SMILES string of the molecule is CC1(NC(=O)c2cnn3ccc(N4CCCC4)nc23)CC1.Cc1ccc(F)cn1. The van der Waals surface area contributed by atoms with Crippen molar-refractivity contribution in [2.45, 2.75) is 45.1 Å². The van der Waals surface area contributed by atoms with Gasteiger partial charge in [0, 0.05) is 30.5 Å². The van der Waals surface area contributed by atoms with Gasteiger partial charge in [0.15, 0.2) is 5.65 Å². The predicted molar refractivity (Wildman–Crippen MR) is 108 cm³/mol. The fourth-order valence-corrected chi connectivity index (χ4v) is 3.25. The highest BCUT2D eigenvalue weighted by molar-refractivity contribution is 6.00. The van der Waals surface area contributed by atoms with Gasteiger partial charge in [-0.05, 0) is 57.7 Å². The minimum atomic E-state index is -0.282. The van der Waals surface area contributed by atoms with Crippen LogP contribution in [0.2, 0.25) is 0 Å². The normalized spacial score (nSPS) is 17.0. The van der Waals surface area contributed by atoms with Gasteiger partial charge < -0.3 is 10.2 Å². The quantitative estimate of drug-likeness (QED) is 0.736. The Balaban J connectivity index is 0.000000216. The van der Waals surface area contributed by atoms with Crippen molar-refractivity contribution in [2.75, 3.05) is 18.0 Å². The number of hydrogen-bond acceptors (Lipinski definition) is 5. The largest absolute Gasteiger partial charge is 0.357 e. The molecule has 5 rings (SSSR count). The summed E-state index contributed by atoms with van der Waals surface area (Å²) in [5, 5.41) is 7.30. The Morgan fingerprint density at radius 3 is 2.55 bits per heavy atom. The molecule has 1 saturated heterocycles. The van der Waals surface area contributed by atoms with Crippen LogP contribution in [-0.4, -0.2) is 44.1 Å². The second kappa shape index (κ2) is 7.77. The third-order valence-electron chi connectivity index (χ3n) is 5.32. The van der Waals surface area contributed by atoms with E-state index in [0.717, 1.165) is 37.4 Å². The number of carbonyl (C=O) groups excluding carboxylic acids is 1. The molecule has 2 fully saturated rings. The Kier molecular flexibility index (Phi) is 5.17. The van der Waals surface area contributed by atoms with E-state index in [2.05, 4.69) is 32.2 Å². The Hall–Kier alpha value is -3.03. The van der Waals surface area contributed by atoms with Gasteiger partial charge in [-0.1, -0.05) is 0 Å². The van der Waals surface area contributed by atoms with Crippen LogP contribution in [0.25, 0.3) is 5.65 Å². The molecule has 1 aliphatic carbocycles. The van der Waals surface area contributed by atoms with Gasteiger partial charge in [0.25, 0.3) is 5.91 Å². The zero-order valence-corrected chi connectivity index (χ0v) is 16.7. The summed E-state index contributed by atoms with van der Waals surface area (Å²) >= 11 is 0. The number of hydrogen-bond donors (Lipinski definition) is 1. The van der Waals surface area contributed by atoms with Crippen LogP contribution in [0.4, 0.5) is 10.2 Å². The van der Waals surface area contributed by atoms with Crippen molar-refractivity contribution in [3.05, 3.63) is 53.9 Å². The summed E-state index contributed by atoms with van der Waals surface area (Å²) in [6.45, 7) is 5.97. The van der Waals surface area contributed by atoms with Gasteiger partial charge in [0.2, 0.25) is 0 Å². The molecule has 4 heterocycles. The fourth-order valence-electron chi connectivity index (χ4n) is 3.25. The summed E-state index contributed by atoms with van der Waals surface area (Å²) in [5.74, 6) is 0.582. The van der Waals surface area contributed by atoms with E-state index in [4.69, 9.17) is 0 Å². The lowest BCUT2D eigenvalue weighted by molar-refractivity contribution is 0.0937. The van der Waals surface area contributed by atoms with Crippen LogP contribution in [-0.2, 0) is 0 Å². The zero-order valence-electron chi connectivity index (χ0n) is 16.7. The number of nitrogens with one attached hydrogen (secondary N) is 1. The van der Waals surface area contributed by atoms with Gasteiger partial charge in [-0.25, -0.2) is 13.9 Å². The third kappa shape index (κ3) is 4.52. The number of rotatable bonds is 3. The van der Waals surface area contributed by atoms with E-state index in [1.54, 1.807) is 16.8 Å². The smallest absolute Gasteiger partial charge is 0.257 e. The van der Waals surface area contributed by atoms with Gasteiger partial charge in [-0.3, -0.25) is 9.78 Å². The molecule has 3 aromatic heterocycles. The first-order valence-electron chi connectivity index (χ1n) is 9.94. The molecule has 1 saturated carbocycles. The molecule has 7 nitrogen and oxygen atoms in total.